The molecule has 70 valence electrons. The highest BCUT2D eigenvalue weighted by molar-refractivity contribution is 5.06. The van der Waals surface area contributed by atoms with Gasteiger partial charge in [-0.15, -0.1) is 0 Å². The fourth-order valence-electron chi connectivity index (χ4n) is 1.83. The second-order valence-corrected chi connectivity index (χ2v) is 3.65. The topological polar surface area (TPSA) is 40.5 Å². The van der Waals surface area contributed by atoms with Gasteiger partial charge in [0.15, 0.2) is 0 Å². The summed E-state index contributed by atoms with van der Waals surface area (Å²) in [4.78, 5) is 0. The Kier molecular flexibility index (Phi) is 3.29. The van der Waals surface area contributed by atoms with E-state index in [1.807, 2.05) is 6.08 Å². The Bertz CT molecular complexity index is 165. The molecule has 2 heteroatoms. The molecule has 1 aliphatic rings. The number of hydrogen-bond acceptors (Lipinski definition) is 2. The van der Waals surface area contributed by atoms with Crippen LogP contribution >= 0.6 is 0 Å². The van der Waals surface area contributed by atoms with Gasteiger partial charge in [0.2, 0.25) is 0 Å². The van der Waals surface area contributed by atoms with Crippen molar-refractivity contribution in [1.82, 2.24) is 0 Å². The molecule has 1 rings (SSSR count). The zero-order chi connectivity index (χ0) is 9.03. The molecule has 0 amide bonds. The average molecular weight is 170 g/mol. The lowest BCUT2D eigenvalue weighted by molar-refractivity contribution is 0.143. The van der Waals surface area contributed by atoms with Gasteiger partial charge >= 0.3 is 0 Å². The van der Waals surface area contributed by atoms with E-state index in [1.165, 1.54) is 0 Å². The third-order valence-corrected chi connectivity index (χ3v) is 2.92. The van der Waals surface area contributed by atoms with Crippen LogP contribution in [0, 0.1) is 5.41 Å². The Labute approximate surface area is 73.9 Å². The molecule has 0 radical (unpaired) electrons. The lowest BCUT2D eigenvalue weighted by Gasteiger charge is -2.33. The lowest BCUT2D eigenvalue weighted by Crippen LogP contribution is -2.25. The van der Waals surface area contributed by atoms with Crippen molar-refractivity contribution in [2.24, 2.45) is 5.41 Å². The van der Waals surface area contributed by atoms with E-state index in [0.29, 0.717) is 0 Å². The Hall–Kier alpha value is -0.340. The molecule has 0 bridgehead atoms. The first-order valence-corrected chi connectivity index (χ1v) is 4.71. The molecule has 0 spiro atoms. The maximum absolute atomic E-state index is 9.26. The van der Waals surface area contributed by atoms with E-state index in [1.54, 1.807) is 0 Å². The molecular formula is C10H18O2. The van der Waals surface area contributed by atoms with Gasteiger partial charge in [-0.3, -0.25) is 0 Å². The van der Waals surface area contributed by atoms with Gasteiger partial charge in [-0.2, -0.15) is 0 Å². The van der Waals surface area contributed by atoms with Gasteiger partial charge in [0.25, 0.3) is 0 Å². The van der Waals surface area contributed by atoms with Gasteiger partial charge < -0.3 is 10.2 Å². The van der Waals surface area contributed by atoms with E-state index in [-0.39, 0.29) is 18.1 Å². The van der Waals surface area contributed by atoms with Gasteiger partial charge in [0.05, 0.1) is 6.10 Å². The Morgan fingerprint density at radius 1 is 1.58 bits per heavy atom. The molecule has 0 heterocycles. The van der Waals surface area contributed by atoms with E-state index in [4.69, 9.17) is 5.11 Å². The number of allylic oxidation sites excluding steroid dienone is 1. The third-order valence-electron chi connectivity index (χ3n) is 2.92. The van der Waals surface area contributed by atoms with Gasteiger partial charge in [0, 0.05) is 6.61 Å². The van der Waals surface area contributed by atoms with Crippen molar-refractivity contribution >= 4 is 0 Å². The first-order valence-electron chi connectivity index (χ1n) is 4.71. The molecule has 0 aromatic carbocycles. The summed E-state index contributed by atoms with van der Waals surface area (Å²) in [5.74, 6) is 0. The van der Waals surface area contributed by atoms with E-state index in [0.717, 1.165) is 25.7 Å². The maximum Gasteiger partial charge on any atom is 0.0721 e. The zero-order valence-corrected chi connectivity index (χ0v) is 7.66. The van der Waals surface area contributed by atoms with Crippen LogP contribution in [0.15, 0.2) is 12.2 Å². The molecule has 0 aromatic heterocycles. The van der Waals surface area contributed by atoms with Crippen molar-refractivity contribution in [2.75, 3.05) is 6.61 Å². The monoisotopic (exact) mass is 170 g/mol. The summed E-state index contributed by atoms with van der Waals surface area (Å²) < 4.78 is 0. The van der Waals surface area contributed by atoms with Crippen LogP contribution in [0.4, 0.5) is 0 Å². The fraction of sp³-hybridized carbons (Fsp3) is 0.800. The SMILES string of the molecule is CC[C@]1(CCO)C=C[C@H](O)CC1. The van der Waals surface area contributed by atoms with Crippen molar-refractivity contribution in [3.05, 3.63) is 12.2 Å². The standard InChI is InChI=1S/C10H18O2/c1-2-10(7-8-11)5-3-9(12)4-6-10/h3,5,9,11-12H,2,4,6-8H2,1H3/t9-,10-/m0/s1. The summed E-state index contributed by atoms with van der Waals surface area (Å²) in [7, 11) is 0. The molecule has 2 nitrogen and oxygen atoms in total. The number of rotatable bonds is 3. The molecule has 1 aliphatic carbocycles. The molecule has 0 fully saturated rings. The highest BCUT2D eigenvalue weighted by Gasteiger charge is 2.27. The molecule has 2 atom stereocenters. The van der Waals surface area contributed by atoms with Crippen LogP contribution in [0.2, 0.25) is 0 Å². The lowest BCUT2D eigenvalue weighted by atomic mass is 9.74. The predicted molar refractivity (Wildman–Crippen MR) is 48.8 cm³/mol. The van der Waals surface area contributed by atoms with Crippen LogP contribution in [0.3, 0.4) is 0 Å². The van der Waals surface area contributed by atoms with E-state index < -0.39 is 0 Å². The second kappa shape index (κ2) is 4.06. The minimum absolute atomic E-state index is 0.161. The zero-order valence-electron chi connectivity index (χ0n) is 7.66. The minimum atomic E-state index is -0.261. The quantitative estimate of drug-likeness (QED) is 0.630. The fourth-order valence-corrected chi connectivity index (χ4v) is 1.83. The second-order valence-electron chi connectivity index (χ2n) is 3.65. The van der Waals surface area contributed by atoms with Gasteiger partial charge in [0.1, 0.15) is 0 Å². The molecule has 0 saturated heterocycles. The highest BCUT2D eigenvalue weighted by Crippen LogP contribution is 2.37. The minimum Gasteiger partial charge on any atom is -0.396 e. The first kappa shape index (κ1) is 9.75. The third kappa shape index (κ3) is 2.08. The van der Waals surface area contributed by atoms with Crippen molar-refractivity contribution in [3.63, 3.8) is 0 Å². The summed E-state index contributed by atoms with van der Waals surface area (Å²) in [6.45, 7) is 2.38. The number of aliphatic hydroxyl groups excluding tert-OH is 2. The Morgan fingerprint density at radius 3 is 2.75 bits per heavy atom. The first-order chi connectivity index (χ1) is 5.72. The van der Waals surface area contributed by atoms with Gasteiger partial charge in [-0.05, 0) is 31.1 Å². The summed E-state index contributed by atoms with van der Waals surface area (Å²) in [5, 5.41) is 18.1. The van der Waals surface area contributed by atoms with Crippen LogP contribution in [0.5, 0.6) is 0 Å². The van der Waals surface area contributed by atoms with Crippen LogP contribution in [0.25, 0.3) is 0 Å². The van der Waals surface area contributed by atoms with Crippen molar-refractivity contribution in [1.29, 1.82) is 0 Å². The van der Waals surface area contributed by atoms with Crippen molar-refractivity contribution in [3.8, 4) is 0 Å². The molecule has 0 aliphatic heterocycles. The Balaban J connectivity index is 2.61. The molecular weight excluding hydrogens is 152 g/mol. The van der Waals surface area contributed by atoms with E-state index >= 15 is 0 Å². The number of hydrogen-bond donors (Lipinski definition) is 2. The normalized spacial score (nSPS) is 35.4. The van der Waals surface area contributed by atoms with Crippen molar-refractivity contribution < 1.29 is 10.2 Å². The average Bonchev–Trinajstić information content (AvgIpc) is 2.10. The van der Waals surface area contributed by atoms with Gasteiger partial charge in [-0.1, -0.05) is 19.1 Å². The molecule has 12 heavy (non-hydrogen) atoms. The smallest absolute Gasteiger partial charge is 0.0721 e. The predicted octanol–water partition coefficient (Wildman–Crippen LogP) is 1.48. The summed E-state index contributed by atoms with van der Waals surface area (Å²) in [6.07, 6.45) is 7.40. The van der Waals surface area contributed by atoms with Crippen LogP contribution in [-0.2, 0) is 0 Å². The summed E-state index contributed by atoms with van der Waals surface area (Å²) in [6, 6.07) is 0. The maximum atomic E-state index is 9.26. The number of aliphatic hydroxyl groups is 2. The van der Waals surface area contributed by atoms with Crippen LogP contribution in [0.1, 0.15) is 32.6 Å². The van der Waals surface area contributed by atoms with E-state index in [2.05, 4.69) is 13.0 Å². The van der Waals surface area contributed by atoms with Crippen molar-refractivity contribution in [2.45, 2.75) is 38.7 Å². The molecule has 0 saturated carbocycles. The summed E-state index contributed by atoms with van der Waals surface area (Å²) in [5.41, 5.74) is 0.161. The largest absolute Gasteiger partial charge is 0.396 e. The molecule has 2 N–H and O–H groups in total. The molecule has 0 aromatic rings. The van der Waals surface area contributed by atoms with E-state index in [9.17, 15) is 5.11 Å². The Morgan fingerprint density at radius 2 is 2.33 bits per heavy atom. The molecule has 0 unspecified atom stereocenters. The summed E-state index contributed by atoms with van der Waals surface area (Å²) >= 11 is 0. The van der Waals surface area contributed by atoms with Crippen LogP contribution < -0.4 is 0 Å². The van der Waals surface area contributed by atoms with Crippen LogP contribution in [-0.4, -0.2) is 22.9 Å². The van der Waals surface area contributed by atoms with Gasteiger partial charge in [-0.25, -0.2) is 0 Å². The highest BCUT2D eigenvalue weighted by atomic mass is 16.3.